The molecule has 4 N–H and O–H groups in total. The van der Waals surface area contributed by atoms with Crippen molar-refractivity contribution in [1.82, 2.24) is 5.32 Å². The van der Waals surface area contributed by atoms with Gasteiger partial charge in [0.25, 0.3) is 5.91 Å². The largest absolute Gasteiger partial charge is 0.497 e. The Balaban J connectivity index is 2.05. The first kappa shape index (κ1) is 29.1. The van der Waals surface area contributed by atoms with Gasteiger partial charge in [-0.2, -0.15) is 0 Å². The molecule has 0 aliphatic carbocycles. The maximum atomic E-state index is 13.6. The Labute approximate surface area is 235 Å². The molecule has 0 aromatic heterocycles. The molecule has 0 radical (unpaired) electrons. The highest BCUT2D eigenvalue weighted by atomic mass is 35.5. The van der Waals surface area contributed by atoms with E-state index < -0.39 is 29.4 Å². The van der Waals surface area contributed by atoms with E-state index in [1.807, 2.05) is 0 Å². The predicted molar refractivity (Wildman–Crippen MR) is 151 cm³/mol. The third kappa shape index (κ3) is 6.89. The molecule has 3 aromatic carbocycles. The number of methoxy groups -OCH3 is 1. The Kier molecular flexibility index (Phi) is 9.14. The van der Waals surface area contributed by atoms with E-state index in [-0.39, 0.29) is 27.0 Å². The van der Waals surface area contributed by atoms with Gasteiger partial charge in [0.1, 0.15) is 11.8 Å². The van der Waals surface area contributed by atoms with Gasteiger partial charge in [-0.15, -0.1) is 0 Å². The number of carboxylic acid groups (broad SMARTS) is 1. The number of ether oxygens (including phenoxy) is 1. The Hall–Kier alpha value is -3.46. The summed E-state index contributed by atoms with van der Waals surface area (Å²) in [6.45, 7) is 5.11. The maximum Gasteiger partial charge on any atom is 0.326 e. The summed E-state index contributed by atoms with van der Waals surface area (Å²) >= 11 is 18.3. The minimum absolute atomic E-state index is 0.0663. The number of carboxylic acids is 1. The molecule has 8 nitrogen and oxygen atoms in total. The van der Waals surface area contributed by atoms with Crippen LogP contribution in [0.4, 0.5) is 16.2 Å². The minimum Gasteiger partial charge on any atom is -0.497 e. The molecule has 11 heteroatoms. The molecule has 200 valence electrons. The van der Waals surface area contributed by atoms with Crippen LogP contribution >= 0.6 is 34.8 Å². The Morgan fingerprint density at radius 2 is 1.53 bits per heavy atom. The number of hydrogen-bond donors (Lipinski definition) is 4. The normalized spacial score (nSPS) is 11.9. The number of benzene rings is 3. The van der Waals surface area contributed by atoms with Crippen molar-refractivity contribution in [3.63, 3.8) is 0 Å². The maximum absolute atomic E-state index is 13.6. The molecule has 0 fully saturated rings. The molecule has 1 atom stereocenters. The van der Waals surface area contributed by atoms with E-state index in [0.717, 1.165) is 0 Å². The van der Waals surface area contributed by atoms with Crippen LogP contribution in [-0.2, 0) is 4.79 Å². The van der Waals surface area contributed by atoms with E-state index in [1.165, 1.54) is 25.3 Å². The van der Waals surface area contributed by atoms with Crippen LogP contribution in [0.3, 0.4) is 0 Å². The van der Waals surface area contributed by atoms with Crippen molar-refractivity contribution in [1.29, 1.82) is 0 Å². The van der Waals surface area contributed by atoms with Crippen molar-refractivity contribution in [2.45, 2.75) is 26.8 Å². The Bertz CT molecular complexity index is 1350. The first-order valence-corrected chi connectivity index (χ1v) is 12.5. The fourth-order valence-corrected chi connectivity index (χ4v) is 4.60. The van der Waals surface area contributed by atoms with Gasteiger partial charge < -0.3 is 25.8 Å². The van der Waals surface area contributed by atoms with Gasteiger partial charge in [0.05, 0.1) is 34.1 Å². The molecule has 0 aliphatic rings. The lowest BCUT2D eigenvalue weighted by Crippen LogP contribution is -2.49. The van der Waals surface area contributed by atoms with Gasteiger partial charge in [-0.05, 0) is 46.9 Å². The zero-order valence-electron chi connectivity index (χ0n) is 21.0. The second-order valence-electron chi connectivity index (χ2n) is 9.39. The minimum atomic E-state index is -1.20. The van der Waals surface area contributed by atoms with Crippen LogP contribution in [-0.4, -0.2) is 36.2 Å². The van der Waals surface area contributed by atoms with E-state index >= 15 is 0 Å². The summed E-state index contributed by atoms with van der Waals surface area (Å²) in [6.07, 6.45) is 0. The second kappa shape index (κ2) is 11.9. The van der Waals surface area contributed by atoms with Crippen LogP contribution in [0, 0.1) is 5.41 Å². The number of carbonyl (C=O) groups excluding carboxylic acids is 2. The molecule has 0 heterocycles. The molecule has 0 saturated carbocycles. The first-order valence-electron chi connectivity index (χ1n) is 11.4. The second-order valence-corrected chi connectivity index (χ2v) is 10.6. The summed E-state index contributed by atoms with van der Waals surface area (Å²) in [5.41, 5.74) is 0.647. The highest BCUT2D eigenvalue weighted by Crippen LogP contribution is 2.35. The van der Waals surface area contributed by atoms with Crippen molar-refractivity contribution in [3.8, 4) is 16.9 Å². The van der Waals surface area contributed by atoms with Gasteiger partial charge in [0.2, 0.25) is 0 Å². The SMILES string of the molecule is COc1ccc(-c2cccc(NC(=O)Nc3c(Cl)cc(Cl)cc3Cl)c2C(=O)N[C@H](C(=O)O)C(C)(C)C)cc1. The molecule has 38 heavy (non-hydrogen) atoms. The van der Waals surface area contributed by atoms with Crippen molar-refractivity contribution in [2.24, 2.45) is 5.41 Å². The van der Waals surface area contributed by atoms with E-state index in [9.17, 15) is 19.5 Å². The molecule has 3 rings (SSSR count). The molecule has 0 saturated heterocycles. The number of anilines is 2. The lowest BCUT2D eigenvalue weighted by atomic mass is 9.86. The average molecular weight is 579 g/mol. The number of rotatable bonds is 7. The van der Waals surface area contributed by atoms with Gasteiger partial charge in [-0.25, -0.2) is 9.59 Å². The standard InChI is InChI=1S/C27H26Cl3N3O5/c1-27(2,3)23(25(35)36)33-24(34)21-17(14-8-10-16(38-4)11-9-14)6-5-7-20(21)31-26(37)32-22-18(29)12-15(28)13-19(22)30/h5-13,23H,1-4H3,(H,33,34)(H,35,36)(H2,31,32,37)/t23-/m1/s1. The van der Waals surface area contributed by atoms with Gasteiger partial charge in [0.15, 0.2) is 0 Å². The lowest BCUT2D eigenvalue weighted by Gasteiger charge is -2.28. The molecular weight excluding hydrogens is 553 g/mol. The van der Waals surface area contributed by atoms with Crippen molar-refractivity contribution in [2.75, 3.05) is 17.7 Å². The van der Waals surface area contributed by atoms with Crippen molar-refractivity contribution < 1.29 is 24.2 Å². The van der Waals surface area contributed by atoms with Crippen LogP contribution in [0.5, 0.6) is 5.75 Å². The van der Waals surface area contributed by atoms with Crippen LogP contribution < -0.4 is 20.7 Å². The van der Waals surface area contributed by atoms with Gasteiger partial charge in [-0.1, -0.05) is 79.8 Å². The van der Waals surface area contributed by atoms with Gasteiger partial charge in [-0.3, -0.25) is 4.79 Å². The van der Waals surface area contributed by atoms with Crippen LogP contribution in [0.25, 0.3) is 11.1 Å². The molecular formula is C27H26Cl3N3O5. The lowest BCUT2D eigenvalue weighted by molar-refractivity contribution is -0.142. The highest BCUT2D eigenvalue weighted by Gasteiger charge is 2.34. The molecule has 3 amide bonds. The summed E-state index contributed by atoms with van der Waals surface area (Å²) in [6, 6.07) is 12.7. The number of aliphatic carboxylic acids is 1. The molecule has 3 aromatic rings. The summed E-state index contributed by atoms with van der Waals surface area (Å²) in [4.78, 5) is 38.5. The number of carbonyl (C=O) groups is 3. The zero-order chi connectivity index (χ0) is 28.2. The van der Waals surface area contributed by atoms with E-state index in [1.54, 1.807) is 57.2 Å². The van der Waals surface area contributed by atoms with Crippen LogP contribution in [0.2, 0.25) is 15.1 Å². The van der Waals surface area contributed by atoms with Gasteiger partial charge >= 0.3 is 12.0 Å². The van der Waals surface area contributed by atoms with E-state index in [0.29, 0.717) is 21.9 Å². The Morgan fingerprint density at radius 1 is 0.921 bits per heavy atom. The number of hydrogen-bond acceptors (Lipinski definition) is 4. The summed E-state index contributed by atoms with van der Waals surface area (Å²) < 4.78 is 5.22. The van der Waals surface area contributed by atoms with Crippen molar-refractivity contribution >= 4 is 64.1 Å². The highest BCUT2D eigenvalue weighted by molar-refractivity contribution is 6.42. The third-order valence-corrected chi connectivity index (χ3v) is 6.39. The number of halogens is 3. The molecule has 0 unspecified atom stereocenters. The fraction of sp³-hybridized carbons (Fsp3) is 0.222. The third-order valence-electron chi connectivity index (χ3n) is 5.57. The summed E-state index contributed by atoms with van der Waals surface area (Å²) in [7, 11) is 1.54. The smallest absolute Gasteiger partial charge is 0.326 e. The molecule has 0 aliphatic heterocycles. The topological polar surface area (TPSA) is 117 Å². The van der Waals surface area contributed by atoms with E-state index in [2.05, 4.69) is 16.0 Å². The molecule has 0 spiro atoms. The fourth-order valence-electron chi connectivity index (χ4n) is 3.69. The van der Waals surface area contributed by atoms with Crippen molar-refractivity contribution in [3.05, 3.63) is 75.2 Å². The average Bonchev–Trinajstić information content (AvgIpc) is 2.83. The first-order chi connectivity index (χ1) is 17.8. The number of nitrogens with one attached hydrogen (secondary N) is 3. The quantitative estimate of drug-likeness (QED) is 0.237. The molecule has 0 bridgehead atoms. The number of urea groups is 1. The summed E-state index contributed by atoms with van der Waals surface area (Å²) in [5.74, 6) is -1.26. The zero-order valence-corrected chi connectivity index (χ0v) is 23.3. The predicted octanol–water partition coefficient (Wildman–Crippen LogP) is 7.20. The van der Waals surface area contributed by atoms with Crippen LogP contribution in [0.15, 0.2) is 54.6 Å². The number of amides is 3. The van der Waals surface area contributed by atoms with E-state index in [4.69, 9.17) is 39.5 Å². The van der Waals surface area contributed by atoms with Crippen LogP contribution in [0.1, 0.15) is 31.1 Å². The summed E-state index contributed by atoms with van der Waals surface area (Å²) in [5, 5.41) is 18.1. The van der Waals surface area contributed by atoms with Gasteiger partial charge in [0, 0.05) is 5.02 Å². The monoisotopic (exact) mass is 577 g/mol. The Morgan fingerprint density at radius 3 is 2.05 bits per heavy atom.